The first-order chi connectivity index (χ1) is 17.2. The highest BCUT2D eigenvalue weighted by Gasteiger charge is 2.72. The van der Waals surface area contributed by atoms with Crippen molar-refractivity contribution >= 4 is 27.4 Å². The number of β-lactam (4-membered cyclic amide) rings is 1. The lowest BCUT2D eigenvalue weighted by atomic mass is 9.87. The van der Waals surface area contributed by atoms with Crippen LogP contribution in [0, 0.1) is 5.92 Å². The molecule has 5 rings (SSSR count). The van der Waals surface area contributed by atoms with Crippen LogP contribution in [0.15, 0.2) is 65.8 Å². The van der Waals surface area contributed by atoms with E-state index in [1.165, 1.54) is 18.7 Å². The van der Waals surface area contributed by atoms with Crippen LogP contribution in [-0.4, -0.2) is 53.2 Å². The second-order valence-corrected chi connectivity index (χ2v) is 12.7. The van der Waals surface area contributed by atoms with Crippen LogP contribution in [0.3, 0.4) is 0 Å². The molecule has 36 heavy (non-hydrogen) atoms. The molecular formula is C27H30N2O6S. The molecule has 9 heteroatoms. The zero-order valence-electron chi connectivity index (χ0n) is 20.5. The van der Waals surface area contributed by atoms with Gasteiger partial charge in [-0.15, -0.1) is 0 Å². The lowest BCUT2D eigenvalue weighted by Gasteiger charge is -2.43. The standard InChI is InChI=1S/C27H30N2O6S/c1-4-19-15-20(35-28-19)16-21-24(30)29-23(27(2,3)36(32,33)25(21)29)26(31)34-22(17-11-7-5-8-12-17)18-13-9-6-10-14-18/h5-14,20-23,25H,4,15-16H2,1-3H3/t20?,21-,23+,25-/m1/s1. The van der Waals surface area contributed by atoms with Gasteiger partial charge in [0.05, 0.1) is 16.4 Å². The maximum Gasteiger partial charge on any atom is 0.331 e. The Morgan fingerprint density at radius 3 is 2.22 bits per heavy atom. The van der Waals surface area contributed by atoms with Crippen molar-refractivity contribution in [3.05, 3.63) is 71.8 Å². The highest BCUT2D eigenvalue weighted by atomic mass is 32.2. The van der Waals surface area contributed by atoms with E-state index >= 15 is 0 Å². The predicted molar refractivity (Wildman–Crippen MR) is 134 cm³/mol. The fourth-order valence-corrected chi connectivity index (χ4v) is 7.80. The van der Waals surface area contributed by atoms with Crippen LogP contribution in [0.1, 0.15) is 57.3 Å². The summed E-state index contributed by atoms with van der Waals surface area (Å²) in [6.07, 6.45) is 0.508. The molecular weight excluding hydrogens is 480 g/mol. The van der Waals surface area contributed by atoms with Gasteiger partial charge in [-0.05, 0) is 31.4 Å². The molecule has 3 aliphatic heterocycles. The van der Waals surface area contributed by atoms with Gasteiger partial charge in [0.2, 0.25) is 5.91 Å². The molecule has 0 spiro atoms. The minimum absolute atomic E-state index is 0.251. The van der Waals surface area contributed by atoms with Crippen molar-refractivity contribution in [3.8, 4) is 0 Å². The minimum Gasteiger partial charge on any atom is -0.451 e. The quantitative estimate of drug-likeness (QED) is 0.416. The number of rotatable bonds is 7. The Morgan fingerprint density at radius 2 is 1.69 bits per heavy atom. The summed E-state index contributed by atoms with van der Waals surface area (Å²) < 4.78 is 31.7. The van der Waals surface area contributed by atoms with Crippen molar-refractivity contribution in [2.24, 2.45) is 11.1 Å². The fraction of sp³-hybridized carbons (Fsp3) is 0.444. The van der Waals surface area contributed by atoms with Gasteiger partial charge in [0, 0.05) is 12.8 Å². The van der Waals surface area contributed by atoms with Gasteiger partial charge in [-0.1, -0.05) is 72.7 Å². The van der Waals surface area contributed by atoms with Crippen LogP contribution < -0.4 is 0 Å². The molecule has 1 amide bonds. The zero-order valence-corrected chi connectivity index (χ0v) is 21.4. The number of carbonyl (C=O) groups excluding carboxylic acids is 2. The molecule has 190 valence electrons. The molecule has 2 fully saturated rings. The third-order valence-corrected chi connectivity index (χ3v) is 10.4. The first-order valence-electron chi connectivity index (χ1n) is 12.2. The second-order valence-electron chi connectivity index (χ2n) is 10.1. The van der Waals surface area contributed by atoms with Crippen molar-refractivity contribution in [1.82, 2.24) is 4.90 Å². The van der Waals surface area contributed by atoms with E-state index in [1.807, 2.05) is 67.6 Å². The van der Waals surface area contributed by atoms with Crippen LogP contribution in [0.2, 0.25) is 0 Å². The Labute approximate surface area is 211 Å². The third kappa shape index (κ3) is 3.80. The molecule has 2 aromatic carbocycles. The summed E-state index contributed by atoms with van der Waals surface area (Å²) in [7, 11) is -3.86. The van der Waals surface area contributed by atoms with Crippen LogP contribution in [0.4, 0.5) is 0 Å². The van der Waals surface area contributed by atoms with Crippen LogP contribution in [0.25, 0.3) is 0 Å². The molecule has 4 atom stereocenters. The van der Waals surface area contributed by atoms with E-state index in [0.29, 0.717) is 6.42 Å². The van der Waals surface area contributed by atoms with Gasteiger partial charge in [-0.25, -0.2) is 13.2 Å². The van der Waals surface area contributed by atoms with Crippen LogP contribution >= 0.6 is 0 Å². The highest BCUT2D eigenvalue weighted by Crippen LogP contribution is 2.51. The maximum absolute atomic E-state index is 13.7. The lowest BCUT2D eigenvalue weighted by Crippen LogP contribution is -2.64. The Hall–Kier alpha value is -3.20. The Balaban J connectivity index is 1.41. The smallest absolute Gasteiger partial charge is 0.331 e. The average Bonchev–Trinajstić information content (AvgIpc) is 3.39. The molecule has 2 saturated heterocycles. The van der Waals surface area contributed by atoms with Crippen LogP contribution in [0.5, 0.6) is 0 Å². The number of esters is 1. The number of sulfone groups is 1. The van der Waals surface area contributed by atoms with E-state index in [4.69, 9.17) is 9.57 Å². The van der Waals surface area contributed by atoms with Crippen molar-refractivity contribution in [2.75, 3.05) is 0 Å². The summed E-state index contributed by atoms with van der Waals surface area (Å²) >= 11 is 0. The van der Waals surface area contributed by atoms with E-state index in [-0.39, 0.29) is 18.4 Å². The normalized spacial score (nSPS) is 27.7. The molecule has 0 saturated carbocycles. The third-order valence-electron chi connectivity index (χ3n) is 7.56. The molecule has 0 radical (unpaired) electrons. The number of oxime groups is 1. The number of ether oxygens (including phenoxy) is 1. The fourth-order valence-electron chi connectivity index (χ4n) is 5.48. The van der Waals surface area contributed by atoms with Gasteiger partial charge in [-0.3, -0.25) is 4.79 Å². The predicted octanol–water partition coefficient (Wildman–Crippen LogP) is 3.62. The number of benzene rings is 2. The van der Waals surface area contributed by atoms with Gasteiger partial charge >= 0.3 is 5.97 Å². The van der Waals surface area contributed by atoms with Crippen molar-refractivity contribution in [1.29, 1.82) is 0 Å². The molecule has 0 N–H and O–H groups in total. The molecule has 3 heterocycles. The van der Waals surface area contributed by atoms with Gasteiger partial charge in [-0.2, -0.15) is 0 Å². The largest absolute Gasteiger partial charge is 0.451 e. The first-order valence-corrected chi connectivity index (χ1v) is 13.8. The van der Waals surface area contributed by atoms with Gasteiger partial charge in [0.1, 0.15) is 17.5 Å². The van der Waals surface area contributed by atoms with E-state index in [0.717, 1.165) is 23.3 Å². The SMILES string of the molecule is CCC1=NOC(C[C@@H]2C(=O)N3[C@@H](C(=O)OC(c4ccccc4)c4ccccc4)C(C)(C)S(=O)(=O)[C@H]23)C1. The summed E-state index contributed by atoms with van der Waals surface area (Å²) in [6.45, 7) is 4.97. The summed E-state index contributed by atoms with van der Waals surface area (Å²) in [5.74, 6) is -1.85. The van der Waals surface area contributed by atoms with Crippen molar-refractivity contribution in [2.45, 2.75) is 68.4 Å². The number of amides is 1. The number of hydrogen-bond acceptors (Lipinski definition) is 7. The molecule has 3 aliphatic rings. The van der Waals surface area contributed by atoms with Gasteiger partial charge in [0.25, 0.3) is 0 Å². The number of carbonyl (C=O) groups is 2. The van der Waals surface area contributed by atoms with Crippen molar-refractivity contribution in [3.63, 3.8) is 0 Å². The number of fused-ring (bicyclic) bond motifs is 1. The monoisotopic (exact) mass is 510 g/mol. The second kappa shape index (κ2) is 9.03. The Bertz CT molecular complexity index is 1250. The van der Waals surface area contributed by atoms with E-state index in [9.17, 15) is 18.0 Å². The molecule has 0 aromatic heterocycles. The van der Waals surface area contributed by atoms with E-state index < -0.39 is 44.0 Å². The molecule has 0 bridgehead atoms. The summed E-state index contributed by atoms with van der Waals surface area (Å²) in [5, 5.41) is 2.95. The number of nitrogens with zero attached hydrogens (tertiary/aromatic N) is 2. The Kier molecular flexibility index (Phi) is 6.14. The van der Waals surface area contributed by atoms with Gasteiger partial charge < -0.3 is 14.5 Å². The molecule has 2 aromatic rings. The van der Waals surface area contributed by atoms with E-state index in [2.05, 4.69) is 5.16 Å². The topological polar surface area (TPSA) is 102 Å². The van der Waals surface area contributed by atoms with E-state index in [1.54, 1.807) is 0 Å². The van der Waals surface area contributed by atoms with Crippen molar-refractivity contribution < 1.29 is 27.6 Å². The molecule has 8 nitrogen and oxygen atoms in total. The summed E-state index contributed by atoms with van der Waals surface area (Å²) in [4.78, 5) is 33.6. The van der Waals surface area contributed by atoms with Gasteiger partial charge in [0.15, 0.2) is 15.9 Å². The minimum atomic E-state index is -3.86. The summed E-state index contributed by atoms with van der Waals surface area (Å²) in [6, 6.07) is 17.3. The highest BCUT2D eigenvalue weighted by molar-refractivity contribution is 7.93. The maximum atomic E-state index is 13.7. The summed E-state index contributed by atoms with van der Waals surface area (Å²) in [5.41, 5.74) is 2.41. The molecule has 1 unspecified atom stereocenters. The lowest BCUT2D eigenvalue weighted by molar-refractivity contribution is -0.170. The molecule has 0 aliphatic carbocycles. The first kappa shape index (κ1) is 24.5. The zero-order chi connectivity index (χ0) is 25.7. The Morgan fingerprint density at radius 1 is 1.11 bits per heavy atom. The number of hydrogen-bond donors (Lipinski definition) is 0. The van der Waals surface area contributed by atoms with Crippen LogP contribution in [-0.2, 0) is 29.0 Å². The average molecular weight is 511 g/mol.